The van der Waals surface area contributed by atoms with E-state index < -0.39 is 10.1 Å². The molecule has 24 heavy (non-hydrogen) atoms. The molecule has 0 spiro atoms. The van der Waals surface area contributed by atoms with Crippen LogP contribution >= 0.6 is 15.9 Å². The second kappa shape index (κ2) is 8.04. The summed E-state index contributed by atoms with van der Waals surface area (Å²) in [4.78, 5) is 0.00474. The Labute approximate surface area is 148 Å². The average Bonchev–Trinajstić information content (AvgIpc) is 2.55. The van der Waals surface area contributed by atoms with Crippen molar-refractivity contribution in [1.29, 1.82) is 0 Å². The minimum atomic E-state index is -3.99. The molecule has 0 unspecified atom stereocenters. The molecule has 0 amide bonds. The van der Waals surface area contributed by atoms with Crippen LogP contribution < -0.4 is 11.2 Å². The van der Waals surface area contributed by atoms with E-state index in [2.05, 4.69) is 35.9 Å². The summed E-state index contributed by atoms with van der Waals surface area (Å²) in [5, 5.41) is 7.37. The highest BCUT2D eigenvalue weighted by molar-refractivity contribution is 9.10. The quantitative estimate of drug-likeness (QED) is 0.446. The van der Waals surface area contributed by atoms with Crippen LogP contribution in [0.25, 0.3) is 0 Å². The van der Waals surface area contributed by atoms with Crippen molar-refractivity contribution in [3.8, 4) is 0 Å². The lowest BCUT2D eigenvalue weighted by molar-refractivity contribution is 0.266. The van der Waals surface area contributed by atoms with E-state index in [4.69, 9.17) is 5.73 Å². The highest BCUT2D eigenvalue weighted by Crippen LogP contribution is 2.13. The zero-order valence-corrected chi connectivity index (χ0v) is 15.1. The van der Waals surface area contributed by atoms with Crippen molar-refractivity contribution in [1.82, 2.24) is 5.48 Å². The molecule has 0 fully saturated rings. The van der Waals surface area contributed by atoms with Crippen LogP contribution in [-0.2, 0) is 14.4 Å². The minimum Gasteiger partial charge on any atom is -0.367 e. The smallest absolute Gasteiger partial charge is 0.317 e. The first-order valence-corrected chi connectivity index (χ1v) is 8.96. The van der Waals surface area contributed by atoms with E-state index in [1.165, 1.54) is 18.3 Å². The topological polar surface area (TPSA) is 106 Å². The molecule has 0 aromatic heterocycles. The number of nitrogens with two attached hydrogens (primary N) is 1. The summed E-state index contributed by atoms with van der Waals surface area (Å²) < 4.78 is 29.4. The van der Waals surface area contributed by atoms with Gasteiger partial charge in [0, 0.05) is 10.0 Å². The lowest BCUT2D eigenvalue weighted by Crippen LogP contribution is -2.33. The van der Waals surface area contributed by atoms with Crippen LogP contribution in [0.1, 0.15) is 11.1 Å². The molecule has 2 aromatic carbocycles. The van der Waals surface area contributed by atoms with Crippen LogP contribution in [-0.4, -0.2) is 20.6 Å². The number of hydrogen-bond acceptors (Lipinski definition) is 5. The fraction of sp³-hybridized carbons (Fsp3) is 0.0667. The van der Waals surface area contributed by atoms with E-state index in [0.717, 1.165) is 15.6 Å². The van der Waals surface area contributed by atoms with E-state index in [9.17, 15) is 8.42 Å². The van der Waals surface area contributed by atoms with Gasteiger partial charge in [-0.2, -0.15) is 13.5 Å². The van der Waals surface area contributed by atoms with Crippen molar-refractivity contribution in [2.75, 3.05) is 0 Å². The maximum atomic E-state index is 11.9. The van der Waals surface area contributed by atoms with Gasteiger partial charge in [-0.1, -0.05) is 51.8 Å². The summed E-state index contributed by atoms with van der Waals surface area (Å²) in [7, 11) is -3.99. The van der Waals surface area contributed by atoms with E-state index in [-0.39, 0.29) is 10.9 Å². The molecule has 0 heterocycles. The number of rotatable bonds is 5. The molecule has 2 aromatic rings. The zero-order valence-electron chi connectivity index (χ0n) is 12.7. The Morgan fingerprint density at radius 1 is 1.21 bits per heavy atom. The van der Waals surface area contributed by atoms with Gasteiger partial charge in [-0.25, -0.2) is 5.48 Å². The number of nitrogens with one attached hydrogen (secondary N) is 1. The van der Waals surface area contributed by atoms with Crippen molar-refractivity contribution in [2.45, 2.75) is 11.8 Å². The first-order valence-electron chi connectivity index (χ1n) is 6.76. The zero-order chi connectivity index (χ0) is 17.6. The summed E-state index contributed by atoms with van der Waals surface area (Å²) >= 11 is 3.36. The molecular formula is C15H15BrN4O3S. The molecule has 7 nitrogen and oxygen atoms in total. The van der Waals surface area contributed by atoms with Crippen LogP contribution in [0.4, 0.5) is 0 Å². The van der Waals surface area contributed by atoms with Gasteiger partial charge in [0.25, 0.3) is 0 Å². The van der Waals surface area contributed by atoms with Crippen molar-refractivity contribution in [3.05, 3.63) is 64.1 Å². The second-order valence-electron chi connectivity index (χ2n) is 4.70. The van der Waals surface area contributed by atoms with Gasteiger partial charge >= 0.3 is 10.1 Å². The predicted molar refractivity (Wildman–Crippen MR) is 95.9 cm³/mol. The molecule has 0 bridgehead atoms. The SMILES string of the molecule is Cc1ccc(S(=O)(=O)ONC(N)=NN=Cc2ccccc2Br)cc1. The number of guanidine groups is 1. The third kappa shape index (κ3) is 5.15. The number of nitrogens with zero attached hydrogens (tertiary/aromatic N) is 2. The third-order valence-corrected chi connectivity index (χ3v) is 4.71. The molecular weight excluding hydrogens is 396 g/mol. The van der Waals surface area contributed by atoms with Gasteiger partial charge in [-0.15, -0.1) is 9.39 Å². The van der Waals surface area contributed by atoms with Crippen LogP contribution in [0.15, 0.2) is 68.1 Å². The number of benzene rings is 2. The summed E-state index contributed by atoms with van der Waals surface area (Å²) in [5.74, 6) is -0.297. The molecule has 126 valence electrons. The monoisotopic (exact) mass is 410 g/mol. The number of halogens is 1. The molecule has 0 aliphatic heterocycles. The summed E-state index contributed by atoms with van der Waals surface area (Å²) in [6, 6.07) is 13.6. The number of aryl methyl sites for hydroxylation is 1. The highest BCUT2D eigenvalue weighted by Gasteiger charge is 2.15. The fourth-order valence-electron chi connectivity index (χ4n) is 1.60. The lowest BCUT2D eigenvalue weighted by Gasteiger charge is -2.06. The van der Waals surface area contributed by atoms with Crippen LogP contribution in [0.2, 0.25) is 0 Å². The standard InChI is InChI=1S/C15H15BrN4O3S/c1-11-6-8-13(9-7-11)24(21,22)23-20-15(17)19-18-10-12-4-2-3-5-14(12)16/h2-10H,1H3,(H3,17,19,20). The summed E-state index contributed by atoms with van der Waals surface area (Å²) in [6.45, 7) is 1.85. The first kappa shape index (κ1) is 18.1. The molecule has 3 N–H and O–H groups in total. The minimum absolute atomic E-state index is 0.00474. The fourth-order valence-corrected chi connectivity index (χ4v) is 2.75. The van der Waals surface area contributed by atoms with Crippen LogP contribution in [0.5, 0.6) is 0 Å². The second-order valence-corrected chi connectivity index (χ2v) is 7.10. The molecule has 9 heteroatoms. The van der Waals surface area contributed by atoms with Crippen molar-refractivity contribution in [2.24, 2.45) is 15.9 Å². The molecule has 0 radical (unpaired) electrons. The maximum absolute atomic E-state index is 11.9. The summed E-state index contributed by atoms with van der Waals surface area (Å²) in [5.41, 5.74) is 9.29. The predicted octanol–water partition coefficient (Wildman–Crippen LogP) is 2.32. The van der Waals surface area contributed by atoms with E-state index in [1.807, 2.05) is 31.2 Å². The van der Waals surface area contributed by atoms with Gasteiger partial charge < -0.3 is 5.73 Å². The maximum Gasteiger partial charge on any atom is 0.317 e. The molecule has 0 saturated carbocycles. The third-order valence-electron chi connectivity index (χ3n) is 2.83. The molecule has 0 aliphatic carbocycles. The normalized spacial score (nSPS) is 12.5. The molecule has 0 atom stereocenters. The Kier molecular flexibility index (Phi) is 6.07. The van der Waals surface area contributed by atoms with Crippen LogP contribution in [0, 0.1) is 6.92 Å². The Bertz CT molecular complexity index is 865. The van der Waals surface area contributed by atoms with Gasteiger partial charge in [0.05, 0.1) is 11.1 Å². The van der Waals surface area contributed by atoms with Gasteiger partial charge in [-0.3, -0.25) is 0 Å². The average molecular weight is 411 g/mol. The van der Waals surface area contributed by atoms with E-state index in [0.29, 0.717) is 0 Å². The lowest BCUT2D eigenvalue weighted by atomic mass is 10.2. The van der Waals surface area contributed by atoms with E-state index >= 15 is 0 Å². The molecule has 2 rings (SSSR count). The number of hydrogen-bond donors (Lipinski definition) is 2. The summed E-state index contributed by atoms with van der Waals surface area (Å²) in [6.07, 6.45) is 1.47. The first-order chi connectivity index (χ1) is 11.4. The van der Waals surface area contributed by atoms with Crippen molar-refractivity contribution in [3.63, 3.8) is 0 Å². The Morgan fingerprint density at radius 2 is 1.88 bits per heavy atom. The Balaban J connectivity index is 1.98. The van der Waals surface area contributed by atoms with Gasteiger partial charge in [0.2, 0.25) is 5.96 Å². The molecule has 0 aliphatic rings. The molecule has 0 saturated heterocycles. The van der Waals surface area contributed by atoms with Crippen LogP contribution in [0.3, 0.4) is 0 Å². The van der Waals surface area contributed by atoms with Gasteiger partial charge in [-0.05, 0) is 25.1 Å². The number of hydroxylamine groups is 1. The Morgan fingerprint density at radius 3 is 2.54 bits per heavy atom. The largest absolute Gasteiger partial charge is 0.367 e. The van der Waals surface area contributed by atoms with Gasteiger partial charge in [0.15, 0.2) is 0 Å². The van der Waals surface area contributed by atoms with Crippen molar-refractivity contribution >= 4 is 38.2 Å². The highest BCUT2D eigenvalue weighted by atomic mass is 79.9. The Hall–Kier alpha value is -2.23. The van der Waals surface area contributed by atoms with Crippen molar-refractivity contribution < 1.29 is 12.7 Å². The van der Waals surface area contributed by atoms with E-state index in [1.54, 1.807) is 12.1 Å². The van der Waals surface area contributed by atoms with Gasteiger partial charge in [0.1, 0.15) is 0 Å².